The van der Waals surface area contributed by atoms with E-state index in [2.05, 4.69) is 5.32 Å². The van der Waals surface area contributed by atoms with E-state index in [-0.39, 0.29) is 12.1 Å². The van der Waals surface area contributed by atoms with E-state index in [0.29, 0.717) is 0 Å². The fraction of sp³-hybridized carbons (Fsp3) is 0.400. The molecule has 1 rings (SSSR count). The van der Waals surface area contributed by atoms with Crippen molar-refractivity contribution in [1.29, 1.82) is 0 Å². The lowest BCUT2D eigenvalue weighted by atomic mass is 10.1. The maximum absolute atomic E-state index is 13.3. The zero-order valence-electron chi connectivity index (χ0n) is 8.39. The maximum atomic E-state index is 13.3. The molecule has 1 unspecified atom stereocenters. The molecule has 1 atom stereocenters. The highest BCUT2D eigenvalue weighted by molar-refractivity contribution is 5.23. The molecule has 0 aliphatic heterocycles. The summed E-state index contributed by atoms with van der Waals surface area (Å²) in [5.74, 6) is -1.59. The first-order valence-corrected chi connectivity index (χ1v) is 4.71. The number of hydrogen-bond donors (Lipinski definition) is 2. The molecule has 0 heterocycles. The second-order valence-electron chi connectivity index (χ2n) is 3.22. The van der Waals surface area contributed by atoms with Crippen molar-refractivity contribution in [3.8, 4) is 0 Å². The number of halogens is 4. The Labute approximate surface area is 90.4 Å². The van der Waals surface area contributed by atoms with Gasteiger partial charge in [0.25, 0.3) is 6.43 Å². The van der Waals surface area contributed by atoms with Crippen LogP contribution in [0.25, 0.3) is 0 Å². The Morgan fingerprint density at radius 3 is 2.19 bits per heavy atom. The van der Waals surface area contributed by atoms with E-state index in [4.69, 9.17) is 5.73 Å². The smallest absolute Gasteiger partial charge is 0.250 e. The van der Waals surface area contributed by atoms with Gasteiger partial charge in [-0.05, 0) is 12.1 Å². The Kier molecular flexibility index (Phi) is 4.70. The van der Waals surface area contributed by atoms with Gasteiger partial charge in [-0.3, -0.25) is 0 Å². The Morgan fingerprint density at radius 1 is 1.19 bits per heavy atom. The summed E-state index contributed by atoms with van der Waals surface area (Å²) in [4.78, 5) is 0. The van der Waals surface area contributed by atoms with Gasteiger partial charge >= 0.3 is 0 Å². The summed E-state index contributed by atoms with van der Waals surface area (Å²) in [6, 6.07) is 2.38. The molecule has 1 aromatic rings. The standard InChI is InChI=1S/C10H12F4N2/c11-6-2-1-3-7(12)10(6)8(4-15)16-5-9(13)14/h1-3,8-9,16H,4-5,15H2. The zero-order valence-corrected chi connectivity index (χ0v) is 8.39. The van der Waals surface area contributed by atoms with Crippen LogP contribution in [-0.2, 0) is 0 Å². The Hall–Kier alpha value is -1.14. The van der Waals surface area contributed by atoms with Gasteiger partial charge in [0.05, 0.1) is 12.6 Å². The van der Waals surface area contributed by atoms with Crippen LogP contribution in [0.2, 0.25) is 0 Å². The molecule has 0 aliphatic rings. The molecular weight excluding hydrogens is 224 g/mol. The topological polar surface area (TPSA) is 38.0 Å². The SMILES string of the molecule is NCC(NCC(F)F)c1c(F)cccc1F. The Morgan fingerprint density at radius 2 is 1.75 bits per heavy atom. The number of rotatable bonds is 5. The van der Waals surface area contributed by atoms with Gasteiger partial charge in [-0.1, -0.05) is 6.07 Å². The second-order valence-corrected chi connectivity index (χ2v) is 3.22. The minimum atomic E-state index is -2.59. The number of benzene rings is 1. The average Bonchev–Trinajstić information content (AvgIpc) is 2.22. The molecule has 90 valence electrons. The van der Waals surface area contributed by atoms with E-state index in [1.54, 1.807) is 0 Å². The van der Waals surface area contributed by atoms with Crippen molar-refractivity contribution in [2.45, 2.75) is 12.5 Å². The lowest BCUT2D eigenvalue weighted by Crippen LogP contribution is -2.33. The molecule has 0 saturated carbocycles. The van der Waals surface area contributed by atoms with Crippen LogP contribution in [0, 0.1) is 11.6 Å². The van der Waals surface area contributed by atoms with Crippen LogP contribution in [0.15, 0.2) is 18.2 Å². The van der Waals surface area contributed by atoms with Gasteiger partial charge in [0.1, 0.15) is 11.6 Å². The summed E-state index contributed by atoms with van der Waals surface area (Å²) >= 11 is 0. The van der Waals surface area contributed by atoms with Crippen LogP contribution in [-0.4, -0.2) is 19.5 Å². The van der Waals surface area contributed by atoms with Crippen LogP contribution >= 0.6 is 0 Å². The number of nitrogens with two attached hydrogens (primary N) is 1. The largest absolute Gasteiger partial charge is 0.329 e. The van der Waals surface area contributed by atoms with E-state index < -0.39 is 30.6 Å². The van der Waals surface area contributed by atoms with Crippen molar-refractivity contribution in [2.24, 2.45) is 5.73 Å². The van der Waals surface area contributed by atoms with Crippen molar-refractivity contribution in [1.82, 2.24) is 5.32 Å². The highest BCUT2D eigenvalue weighted by Gasteiger charge is 2.19. The molecule has 16 heavy (non-hydrogen) atoms. The fourth-order valence-electron chi connectivity index (χ4n) is 1.38. The summed E-state index contributed by atoms with van der Waals surface area (Å²) in [5, 5.41) is 2.31. The minimum absolute atomic E-state index is 0.162. The third-order valence-corrected chi connectivity index (χ3v) is 2.10. The molecule has 6 heteroatoms. The third kappa shape index (κ3) is 3.18. The summed E-state index contributed by atoms with van der Waals surface area (Å²) < 4.78 is 50.5. The Balaban J connectivity index is 2.86. The van der Waals surface area contributed by atoms with E-state index in [1.807, 2.05) is 0 Å². The number of hydrogen-bond acceptors (Lipinski definition) is 2. The first-order chi connectivity index (χ1) is 7.56. The van der Waals surface area contributed by atoms with Crippen LogP contribution in [0.1, 0.15) is 11.6 Å². The highest BCUT2D eigenvalue weighted by Crippen LogP contribution is 2.19. The van der Waals surface area contributed by atoms with Crippen molar-refractivity contribution in [3.05, 3.63) is 35.4 Å². The zero-order chi connectivity index (χ0) is 12.1. The molecule has 0 bridgehead atoms. The van der Waals surface area contributed by atoms with Crippen LogP contribution in [0.5, 0.6) is 0 Å². The quantitative estimate of drug-likeness (QED) is 0.765. The monoisotopic (exact) mass is 236 g/mol. The fourth-order valence-corrected chi connectivity index (χ4v) is 1.38. The molecule has 0 amide bonds. The van der Waals surface area contributed by atoms with E-state index in [1.165, 1.54) is 6.07 Å². The highest BCUT2D eigenvalue weighted by atomic mass is 19.3. The van der Waals surface area contributed by atoms with Gasteiger partial charge in [-0.25, -0.2) is 17.6 Å². The molecule has 3 N–H and O–H groups in total. The summed E-state index contributed by atoms with van der Waals surface area (Å²) in [7, 11) is 0. The van der Waals surface area contributed by atoms with E-state index in [0.717, 1.165) is 12.1 Å². The molecule has 0 fully saturated rings. The summed E-state index contributed by atoms with van der Waals surface area (Å²) in [6.07, 6.45) is -2.59. The first-order valence-electron chi connectivity index (χ1n) is 4.71. The van der Waals surface area contributed by atoms with Gasteiger partial charge < -0.3 is 11.1 Å². The normalized spacial score (nSPS) is 13.1. The third-order valence-electron chi connectivity index (χ3n) is 2.10. The van der Waals surface area contributed by atoms with Crippen LogP contribution in [0.4, 0.5) is 17.6 Å². The van der Waals surface area contributed by atoms with Crippen molar-refractivity contribution < 1.29 is 17.6 Å². The van der Waals surface area contributed by atoms with Crippen molar-refractivity contribution in [2.75, 3.05) is 13.1 Å². The second kappa shape index (κ2) is 5.81. The van der Waals surface area contributed by atoms with Gasteiger partial charge in [0, 0.05) is 12.1 Å². The van der Waals surface area contributed by atoms with E-state index >= 15 is 0 Å². The number of alkyl halides is 2. The maximum Gasteiger partial charge on any atom is 0.250 e. The molecule has 0 saturated heterocycles. The van der Waals surface area contributed by atoms with Gasteiger partial charge in [-0.15, -0.1) is 0 Å². The van der Waals surface area contributed by atoms with Crippen molar-refractivity contribution in [3.63, 3.8) is 0 Å². The summed E-state index contributed by atoms with van der Waals surface area (Å²) in [5.41, 5.74) is 4.99. The van der Waals surface area contributed by atoms with Crippen LogP contribution < -0.4 is 11.1 Å². The minimum Gasteiger partial charge on any atom is -0.329 e. The van der Waals surface area contributed by atoms with E-state index in [9.17, 15) is 17.6 Å². The molecule has 0 aromatic heterocycles. The molecular formula is C10H12F4N2. The molecule has 2 nitrogen and oxygen atoms in total. The van der Waals surface area contributed by atoms with Crippen molar-refractivity contribution >= 4 is 0 Å². The van der Waals surface area contributed by atoms with Gasteiger partial charge in [0.15, 0.2) is 0 Å². The molecule has 0 spiro atoms. The van der Waals surface area contributed by atoms with Crippen LogP contribution in [0.3, 0.4) is 0 Å². The molecule has 0 radical (unpaired) electrons. The number of nitrogens with one attached hydrogen (secondary N) is 1. The predicted molar refractivity (Wildman–Crippen MR) is 52.2 cm³/mol. The lowest BCUT2D eigenvalue weighted by Gasteiger charge is -2.18. The predicted octanol–water partition coefficient (Wildman–Crippen LogP) is 1.82. The first kappa shape index (κ1) is 12.9. The molecule has 1 aromatic carbocycles. The summed E-state index contributed by atoms with van der Waals surface area (Å²) in [6.45, 7) is -0.819. The van der Waals surface area contributed by atoms with Gasteiger partial charge in [0.2, 0.25) is 0 Å². The Bertz CT molecular complexity index is 323. The average molecular weight is 236 g/mol. The lowest BCUT2D eigenvalue weighted by molar-refractivity contribution is 0.141. The van der Waals surface area contributed by atoms with Gasteiger partial charge in [-0.2, -0.15) is 0 Å². The molecule has 0 aliphatic carbocycles.